The number of carbonyl (C=O) groups is 1. The Morgan fingerprint density at radius 1 is 1.47 bits per heavy atom. The lowest BCUT2D eigenvalue weighted by Gasteiger charge is -2.23. The zero-order valence-electron chi connectivity index (χ0n) is 11.2. The minimum Gasteiger partial charge on any atom is -0.381 e. The summed E-state index contributed by atoms with van der Waals surface area (Å²) in [6.45, 7) is 4.36. The Morgan fingerprint density at radius 2 is 2.37 bits per heavy atom. The van der Waals surface area contributed by atoms with Crippen molar-refractivity contribution >= 4 is 17.7 Å². The van der Waals surface area contributed by atoms with Crippen molar-refractivity contribution < 1.29 is 9.53 Å². The van der Waals surface area contributed by atoms with Crippen molar-refractivity contribution in [3.05, 3.63) is 30.1 Å². The van der Waals surface area contributed by atoms with Crippen LogP contribution in [-0.2, 0) is 9.53 Å². The number of pyridine rings is 1. The van der Waals surface area contributed by atoms with Crippen LogP contribution in [0, 0.1) is 0 Å². The van der Waals surface area contributed by atoms with Gasteiger partial charge in [-0.2, -0.15) is 0 Å². The van der Waals surface area contributed by atoms with Gasteiger partial charge in [0.2, 0.25) is 5.91 Å². The summed E-state index contributed by atoms with van der Waals surface area (Å²) in [7, 11) is 0. The van der Waals surface area contributed by atoms with Gasteiger partial charge in [-0.3, -0.25) is 9.78 Å². The molecular weight excluding hydrogens is 260 g/mol. The normalized spacial score (nSPS) is 19.1. The SMILES string of the molecule is CCCOCCCN1C(=O)CSC1c1ccccn1. The predicted molar refractivity (Wildman–Crippen MR) is 76.9 cm³/mol. The predicted octanol–water partition coefficient (Wildman–Crippen LogP) is 2.47. The lowest BCUT2D eigenvalue weighted by molar-refractivity contribution is -0.128. The molecule has 2 rings (SSSR count). The minimum absolute atomic E-state index is 0.0693. The van der Waals surface area contributed by atoms with E-state index in [9.17, 15) is 4.79 Å². The molecule has 1 saturated heterocycles. The molecule has 1 fully saturated rings. The summed E-state index contributed by atoms with van der Waals surface area (Å²) in [6, 6.07) is 5.85. The molecule has 1 aromatic rings. The highest BCUT2D eigenvalue weighted by molar-refractivity contribution is 8.00. The molecule has 0 bridgehead atoms. The first-order valence-corrected chi connectivity index (χ1v) is 7.77. The van der Waals surface area contributed by atoms with Crippen LogP contribution >= 0.6 is 11.8 Å². The van der Waals surface area contributed by atoms with E-state index in [4.69, 9.17) is 4.74 Å². The molecular formula is C14H20N2O2S. The molecule has 1 amide bonds. The van der Waals surface area contributed by atoms with Gasteiger partial charge in [0.25, 0.3) is 0 Å². The summed E-state index contributed by atoms with van der Waals surface area (Å²) in [4.78, 5) is 18.2. The zero-order valence-corrected chi connectivity index (χ0v) is 12.1. The number of amides is 1. The van der Waals surface area contributed by atoms with Gasteiger partial charge < -0.3 is 9.64 Å². The third-order valence-electron chi connectivity index (χ3n) is 2.95. The maximum Gasteiger partial charge on any atom is 0.233 e. The topological polar surface area (TPSA) is 42.4 Å². The van der Waals surface area contributed by atoms with Crippen LogP contribution in [-0.4, -0.2) is 41.3 Å². The molecule has 0 aliphatic carbocycles. The van der Waals surface area contributed by atoms with Crippen LogP contribution < -0.4 is 0 Å². The van der Waals surface area contributed by atoms with Crippen molar-refractivity contribution in [2.24, 2.45) is 0 Å². The second-order valence-corrected chi connectivity index (χ2v) is 5.54. The van der Waals surface area contributed by atoms with E-state index in [1.807, 2.05) is 23.1 Å². The number of rotatable bonds is 7. The van der Waals surface area contributed by atoms with Gasteiger partial charge in [-0.05, 0) is 25.0 Å². The van der Waals surface area contributed by atoms with Gasteiger partial charge in [0.15, 0.2) is 0 Å². The second kappa shape index (κ2) is 7.50. The largest absolute Gasteiger partial charge is 0.381 e. The van der Waals surface area contributed by atoms with Crippen LogP contribution in [0.4, 0.5) is 0 Å². The molecule has 5 heteroatoms. The third kappa shape index (κ3) is 3.94. The Balaban J connectivity index is 1.87. The van der Waals surface area contributed by atoms with Gasteiger partial charge in [-0.1, -0.05) is 13.0 Å². The molecule has 1 aliphatic heterocycles. The molecule has 4 nitrogen and oxygen atoms in total. The second-order valence-electron chi connectivity index (χ2n) is 4.47. The maximum atomic E-state index is 11.9. The molecule has 0 saturated carbocycles. The van der Waals surface area contributed by atoms with Gasteiger partial charge in [0.1, 0.15) is 5.37 Å². The van der Waals surface area contributed by atoms with Crippen LogP contribution in [0.5, 0.6) is 0 Å². The van der Waals surface area contributed by atoms with Gasteiger partial charge in [-0.25, -0.2) is 0 Å². The van der Waals surface area contributed by atoms with E-state index in [1.165, 1.54) is 0 Å². The van der Waals surface area contributed by atoms with Crippen molar-refractivity contribution in [2.75, 3.05) is 25.5 Å². The minimum atomic E-state index is 0.0693. The highest BCUT2D eigenvalue weighted by Gasteiger charge is 2.32. The molecule has 0 aromatic carbocycles. The molecule has 19 heavy (non-hydrogen) atoms. The summed E-state index contributed by atoms with van der Waals surface area (Å²) in [5, 5.41) is 0.0693. The third-order valence-corrected chi connectivity index (χ3v) is 4.17. The van der Waals surface area contributed by atoms with Gasteiger partial charge in [-0.15, -0.1) is 11.8 Å². The van der Waals surface area contributed by atoms with E-state index in [0.717, 1.165) is 38.3 Å². The van der Waals surface area contributed by atoms with Crippen LogP contribution in [0.3, 0.4) is 0 Å². The first-order chi connectivity index (χ1) is 9.33. The molecule has 1 aromatic heterocycles. The summed E-state index contributed by atoms with van der Waals surface area (Å²) >= 11 is 1.65. The fourth-order valence-electron chi connectivity index (χ4n) is 2.05. The molecule has 0 radical (unpaired) electrons. The first kappa shape index (κ1) is 14.3. The molecule has 0 spiro atoms. The van der Waals surface area contributed by atoms with Crippen LogP contribution in [0.1, 0.15) is 30.8 Å². The van der Waals surface area contributed by atoms with E-state index in [-0.39, 0.29) is 11.3 Å². The van der Waals surface area contributed by atoms with Crippen molar-refractivity contribution in [3.8, 4) is 0 Å². The number of carbonyl (C=O) groups excluding carboxylic acids is 1. The molecule has 1 unspecified atom stereocenters. The number of aromatic nitrogens is 1. The van der Waals surface area contributed by atoms with E-state index in [2.05, 4.69) is 11.9 Å². The molecule has 1 atom stereocenters. The standard InChI is InChI=1S/C14H20N2O2S/c1-2-9-18-10-5-8-16-13(17)11-19-14(16)12-6-3-4-7-15-12/h3-4,6-7,14H,2,5,8-11H2,1H3. The summed E-state index contributed by atoms with van der Waals surface area (Å²) < 4.78 is 5.46. The van der Waals surface area contributed by atoms with E-state index < -0.39 is 0 Å². The monoisotopic (exact) mass is 280 g/mol. The van der Waals surface area contributed by atoms with Crippen molar-refractivity contribution in [3.63, 3.8) is 0 Å². The average molecular weight is 280 g/mol. The van der Waals surface area contributed by atoms with Gasteiger partial charge in [0.05, 0.1) is 11.4 Å². The fourth-order valence-corrected chi connectivity index (χ4v) is 3.23. The van der Waals surface area contributed by atoms with E-state index in [1.54, 1.807) is 18.0 Å². The van der Waals surface area contributed by atoms with Crippen molar-refractivity contribution in [1.29, 1.82) is 0 Å². The number of hydrogen-bond donors (Lipinski definition) is 0. The number of hydrogen-bond acceptors (Lipinski definition) is 4. The van der Waals surface area contributed by atoms with Crippen LogP contribution in [0.15, 0.2) is 24.4 Å². The Morgan fingerprint density at radius 3 is 3.11 bits per heavy atom. The van der Waals surface area contributed by atoms with E-state index in [0.29, 0.717) is 5.75 Å². The number of thioether (sulfide) groups is 1. The maximum absolute atomic E-state index is 11.9. The lowest BCUT2D eigenvalue weighted by Crippen LogP contribution is -2.30. The average Bonchev–Trinajstić information content (AvgIpc) is 2.81. The van der Waals surface area contributed by atoms with E-state index >= 15 is 0 Å². The van der Waals surface area contributed by atoms with Crippen molar-refractivity contribution in [2.45, 2.75) is 25.1 Å². The molecule has 0 N–H and O–H groups in total. The highest BCUT2D eigenvalue weighted by atomic mass is 32.2. The van der Waals surface area contributed by atoms with Crippen molar-refractivity contribution in [1.82, 2.24) is 9.88 Å². The molecule has 104 valence electrons. The quantitative estimate of drug-likeness (QED) is 0.720. The summed E-state index contributed by atoms with van der Waals surface area (Å²) in [5.74, 6) is 0.757. The van der Waals surface area contributed by atoms with Gasteiger partial charge in [0, 0.05) is 26.0 Å². The zero-order chi connectivity index (χ0) is 13.5. The van der Waals surface area contributed by atoms with Gasteiger partial charge >= 0.3 is 0 Å². The number of ether oxygens (including phenoxy) is 1. The summed E-state index contributed by atoms with van der Waals surface area (Å²) in [5.41, 5.74) is 0.966. The van der Waals surface area contributed by atoms with Crippen LogP contribution in [0.25, 0.3) is 0 Å². The Hall–Kier alpha value is -1.07. The first-order valence-electron chi connectivity index (χ1n) is 6.72. The smallest absolute Gasteiger partial charge is 0.233 e. The molecule has 1 aliphatic rings. The Kier molecular flexibility index (Phi) is 5.66. The van der Waals surface area contributed by atoms with Crippen LogP contribution in [0.2, 0.25) is 0 Å². The summed E-state index contributed by atoms with van der Waals surface area (Å²) in [6.07, 6.45) is 3.70. The Bertz CT molecular complexity index is 400. The lowest BCUT2D eigenvalue weighted by atomic mass is 10.3. The Labute approximate surface area is 118 Å². The highest BCUT2D eigenvalue weighted by Crippen LogP contribution is 2.37. The number of nitrogens with zero attached hydrogens (tertiary/aromatic N) is 2. The fraction of sp³-hybridized carbons (Fsp3) is 0.571. The molecule has 2 heterocycles.